The van der Waals surface area contributed by atoms with Crippen LogP contribution < -0.4 is 11.1 Å². The van der Waals surface area contributed by atoms with Crippen molar-refractivity contribution in [3.8, 4) is 0 Å². The average Bonchev–Trinajstić information content (AvgIpc) is 2.29. The van der Waals surface area contributed by atoms with Crippen LogP contribution in [-0.2, 0) is 0 Å². The Morgan fingerprint density at radius 3 is 2.59 bits per heavy atom. The van der Waals surface area contributed by atoms with Crippen molar-refractivity contribution in [2.75, 3.05) is 11.1 Å². The van der Waals surface area contributed by atoms with Crippen LogP contribution in [0.2, 0.25) is 0 Å². The number of hydrogen-bond donors (Lipinski definition) is 2. The average molecular weight is 226 g/mol. The number of carbonyl (C=O) groups excluding carboxylic acids is 1. The van der Waals surface area contributed by atoms with E-state index in [9.17, 15) is 4.79 Å². The van der Waals surface area contributed by atoms with Gasteiger partial charge in [0.1, 0.15) is 0 Å². The second-order valence-corrected chi connectivity index (χ2v) is 3.95. The molecule has 0 aliphatic heterocycles. The van der Waals surface area contributed by atoms with E-state index in [4.69, 9.17) is 5.73 Å². The molecule has 0 fully saturated rings. The third kappa shape index (κ3) is 2.84. The van der Waals surface area contributed by atoms with Crippen LogP contribution in [0.4, 0.5) is 11.4 Å². The highest BCUT2D eigenvalue weighted by Crippen LogP contribution is 2.12. The number of amides is 1. The van der Waals surface area contributed by atoms with Gasteiger partial charge < -0.3 is 11.1 Å². The molecular weight excluding hydrogens is 212 g/mol. The fraction of sp³-hybridized carbons (Fsp3) is 0.0714. The maximum Gasteiger partial charge on any atom is 0.255 e. The minimum absolute atomic E-state index is 0.150. The van der Waals surface area contributed by atoms with E-state index in [1.807, 2.05) is 31.2 Å². The molecule has 0 heterocycles. The summed E-state index contributed by atoms with van der Waals surface area (Å²) in [5.41, 5.74) is 8.68. The topological polar surface area (TPSA) is 55.1 Å². The lowest BCUT2D eigenvalue weighted by Crippen LogP contribution is -2.12. The zero-order chi connectivity index (χ0) is 12.3. The minimum atomic E-state index is -0.150. The number of nitrogen functional groups attached to an aromatic ring is 1. The van der Waals surface area contributed by atoms with Gasteiger partial charge in [-0.3, -0.25) is 4.79 Å². The standard InChI is InChI=1S/C14H14N2O/c1-10-4-2-7-13(8-10)16-14(17)11-5-3-6-12(15)9-11/h2-9H,15H2,1H3,(H,16,17). The first kappa shape index (κ1) is 11.2. The maximum atomic E-state index is 11.9. The predicted molar refractivity (Wildman–Crippen MR) is 70.0 cm³/mol. The van der Waals surface area contributed by atoms with Crippen molar-refractivity contribution in [3.05, 3.63) is 59.7 Å². The summed E-state index contributed by atoms with van der Waals surface area (Å²) < 4.78 is 0. The van der Waals surface area contributed by atoms with Crippen molar-refractivity contribution in [3.63, 3.8) is 0 Å². The van der Waals surface area contributed by atoms with Gasteiger partial charge in [0.05, 0.1) is 0 Å². The normalized spacial score (nSPS) is 9.94. The van der Waals surface area contributed by atoms with Crippen molar-refractivity contribution in [2.45, 2.75) is 6.92 Å². The molecule has 0 unspecified atom stereocenters. The number of rotatable bonds is 2. The Morgan fingerprint density at radius 1 is 1.12 bits per heavy atom. The Labute approximate surface area is 100 Å². The van der Waals surface area contributed by atoms with E-state index in [1.165, 1.54) is 0 Å². The molecule has 86 valence electrons. The fourth-order valence-corrected chi connectivity index (χ4v) is 1.61. The van der Waals surface area contributed by atoms with Gasteiger partial charge in [0, 0.05) is 16.9 Å². The largest absolute Gasteiger partial charge is 0.399 e. The van der Waals surface area contributed by atoms with Crippen LogP contribution in [0, 0.1) is 6.92 Å². The molecule has 2 aromatic carbocycles. The summed E-state index contributed by atoms with van der Waals surface area (Å²) in [7, 11) is 0. The van der Waals surface area contributed by atoms with Crippen LogP contribution in [0.15, 0.2) is 48.5 Å². The molecule has 0 saturated heterocycles. The van der Waals surface area contributed by atoms with E-state index >= 15 is 0 Å². The smallest absolute Gasteiger partial charge is 0.255 e. The number of nitrogens with one attached hydrogen (secondary N) is 1. The molecule has 0 atom stereocenters. The van der Waals surface area contributed by atoms with Crippen LogP contribution in [0.25, 0.3) is 0 Å². The molecule has 0 aromatic heterocycles. The van der Waals surface area contributed by atoms with Crippen LogP contribution in [0.1, 0.15) is 15.9 Å². The Balaban J connectivity index is 2.17. The molecule has 2 rings (SSSR count). The van der Waals surface area contributed by atoms with E-state index in [0.29, 0.717) is 11.3 Å². The lowest BCUT2D eigenvalue weighted by Gasteiger charge is -2.06. The van der Waals surface area contributed by atoms with Crippen LogP contribution in [0.3, 0.4) is 0 Å². The Morgan fingerprint density at radius 2 is 1.88 bits per heavy atom. The van der Waals surface area contributed by atoms with Crippen LogP contribution in [-0.4, -0.2) is 5.91 Å². The highest BCUT2D eigenvalue weighted by Gasteiger charge is 2.05. The molecule has 3 nitrogen and oxygen atoms in total. The summed E-state index contributed by atoms with van der Waals surface area (Å²) in [6.07, 6.45) is 0. The molecule has 3 N–H and O–H groups in total. The highest BCUT2D eigenvalue weighted by molar-refractivity contribution is 6.04. The number of benzene rings is 2. The summed E-state index contributed by atoms with van der Waals surface area (Å²) in [4.78, 5) is 11.9. The Hall–Kier alpha value is -2.29. The summed E-state index contributed by atoms with van der Waals surface area (Å²) in [6.45, 7) is 1.98. The first-order valence-corrected chi connectivity index (χ1v) is 5.39. The Kier molecular flexibility index (Phi) is 3.10. The van der Waals surface area contributed by atoms with Crippen molar-refractivity contribution in [1.82, 2.24) is 0 Å². The molecule has 1 amide bonds. The first-order chi connectivity index (χ1) is 8.15. The second-order valence-electron chi connectivity index (χ2n) is 3.95. The van der Waals surface area contributed by atoms with Crippen LogP contribution >= 0.6 is 0 Å². The highest BCUT2D eigenvalue weighted by atomic mass is 16.1. The lowest BCUT2D eigenvalue weighted by molar-refractivity contribution is 0.102. The van der Waals surface area contributed by atoms with Crippen molar-refractivity contribution >= 4 is 17.3 Å². The quantitative estimate of drug-likeness (QED) is 0.773. The van der Waals surface area contributed by atoms with Gasteiger partial charge in [0.2, 0.25) is 0 Å². The molecule has 2 aromatic rings. The van der Waals surface area contributed by atoms with Crippen LogP contribution in [0.5, 0.6) is 0 Å². The molecule has 3 heteroatoms. The monoisotopic (exact) mass is 226 g/mol. The van der Waals surface area contributed by atoms with Gasteiger partial charge in [-0.2, -0.15) is 0 Å². The summed E-state index contributed by atoms with van der Waals surface area (Å²) >= 11 is 0. The number of hydrogen-bond acceptors (Lipinski definition) is 2. The molecular formula is C14H14N2O. The molecule has 0 aliphatic carbocycles. The lowest BCUT2D eigenvalue weighted by atomic mass is 10.1. The van der Waals surface area contributed by atoms with Gasteiger partial charge >= 0.3 is 0 Å². The van der Waals surface area contributed by atoms with Gasteiger partial charge in [-0.05, 0) is 42.8 Å². The third-order valence-electron chi connectivity index (χ3n) is 2.42. The van der Waals surface area contributed by atoms with E-state index in [-0.39, 0.29) is 5.91 Å². The van der Waals surface area contributed by atoms with Gasteiger partial charge in [0.25, 0.3) is 5.91 Å². The van der Waals surface area contributed by atoms with E-state index in [2.05, 4.69) is 5.32 Å². The SMILES string of the molecule is Cc1cccc(NC(=O)c2cccc(N)c2)c1. The zero-order valence-electron chi connectivity index (χ0n) is 9.60. The molecule has 0 spiro atoms. The Bertz CT molecular complexity index is 549. The minimum Gasteiger partial charge on any atom is -0.399 e. The van der Waals surface area contributed by atoms with Gasteiger partial charge in [-0.1, -0.05) is 18.2 Å². The summed E-state index contributed by atoms with van der Waals surface area (Å²) in [5.74, 6) is -0.150. The number of anilines is 2. The van der Waals surface area contributed by atoms with Crippen molar-refractivity contribution < 1.29 is 4.79 Å². The molecule has 0 aliphatic rings. The number of aryl methyl sites for hydroxylation is 1. The van der Waals surface area contributed by atoms with Crippen molar-refractivity contribution in [1.29, 1.82) is 0 Å². The van der Waals surface area contributed by atoms with Crippen molar-refractivity contribution in [2.24, 2.45) is 0 Å². The zero-order valence-corrected chi connectivity index (χ0v) is 9.60. The maximum absolute atomic E-state index is 11.9. The van der Waals surface area contributed by atoms with Gasteiger partial charge in [0.15, 0.2) is 0 Å². The van der Waals surface area contributed by atoms with E-state index < -0.39 is 0 Å². The summed E-state index contributed by atoms with van der Waals surface area (Å²) in [5, 5.41) is 2.83. The molecule has 17 heavy (non-hydrogen) atoms. The third-order valence-corrected chi connectivity index (χ3v) is 2.42. The second kappa shape index (κ2) is 4.70. The number of nitrogens with two attached hydrogens (primary N) is 1. The van der Waals surface area contributed by atoms with E-state index in [0.717, 1.165) is 11.3 Å². The van der Waals surface area contributed by atoms with E-state index in [1.54, 1.807) is 24.3 Å². The fourth-order valence-electron chi connectivity index (χ4n) is 1.61. The predicted octanol–water partition coefficient (Wildman–Crippen LogP) is 2.83. The van der Waals surface area contributed by atoms with Gasteiger partial charge in [-0.25, -0.2) is 0 Å². The number of carbonyl (C=O) groups is 1. The van der Waals surface area contributed by atoms with Gasteiger partial charge in [-0.15, -0.1) is 0 Å². The molecule has 0 radical (unpaired) electrons. The first-order valence-electron chi connectivity index (χ1n) is 5.39. The summed E-state index contributed by atoms with van der Waals surface area (Å²) in [6, 6.07) is 14.6. The molecule has 0 saturated carbocycles. The molecule has 0 bridgehead atoms.